The van der Waals surface area contributed by atoms with Crippen molar-refractivity contribution in [2.24, 2.45) is 0 Å². The Morgan fingerprint density at radius 3 is 2.65 bits per heavy atom. The molecule has 92 valence electrons. The molecule has 2 atom stereocenters. The molecule has 17 heavy (non-hydrogen) atoms. The fourth-order valence-electron chi connectivity index (χ4n) is 2.62. The summed E-state index contributed by atoms with van der Waals surface area (Å²) in [5.74, 6) is 0. The van der Waals surface area contributed by atoms with E-state index in [9.17, 15) is 4.79 Å². The van der Waals surface area contributed by atoms with Gasteiger partial charge < -0.3 is 4.90 Å². The number of piperidine rings is 1. The van der Waals surface area contributed by atoms with Crippen LogP contribution in [-0.2, 0) is 4.79 Å². The lowest BCUT2D eigenvalue weighted by Gasteiger charge is -2.40. The molecule has 3 heteroatoms. The van der Waals surface area contributed by atoms with Crippen molar-refractivity contribution >= 4 is 23.7 Å². The van der Waals surface area contributed by atoms with Gasteiger partial charge in [-0.2, -0.15) is 0 Å². The maximum absolute atomic E-state index is 11.3. The normalized spacial score (nSPS) is 26.0. The Balaban J connectivity index is 2.25. The summed E-state index contributed by atoms with van der Waals surface area (Å²) in [7, 11) is 0. The van der Waals surface area contributed by atoms with Crippen LogP contribution in [0.15, 0.2) is 23.2 Å². The van der Waals surface area contributed by atoms with Crippen LogP contribution in [0.5, 0.6) is 0 Å². The fourth-order valence-corrected chi connectivity index (χ4v) is 3.28. The maximum atomic E-state index is 11.3. The largest absolute Gasteiger partial charge is 0.363 e. The van der Waals surface area contributed by atoms with Gasteiger partial charge in [-0.05, 0) is 50.6 Å². The van der Waals surface area contributed by atoms with E-state index >= 15 is 0 Å². The lowest BCUT2D eigenvalue weighted by Crippen LogP contribution is -2.43. The summed E-state index contributed by atoms with van der Waals surface area (Å²) in [5.41, 5.74) is 0.826. The minimum Gasteiger partial charge on any atom is -0.363 e. The van der Waals surface area contributed by atoms with Crippen molar-refractivity contribution in [3.63, 3.8) is 0 Å². The summed E-state index contributed by atoms with van der Waals surface area (Å²) in [6, 6.07) is 5.00. The van der Waals surface area contributed by atoms with Gasteiger partial charge in [-0.3, -0.25) is 4.79 Å². The van der Waals surface area contributed by atoms with Crippen LogP contribution in [0.3, 0.4) is 0 Å². The molecule has 0 radical (unpaired) electrons. The van der Waals surface area contributed by atoms with E-state index in [2.05, 4.69) is 18.7 Å². The standard InChI is InChI=1S/C14H19NOS/c1-11-5-3-6-12(2)15(11)13(10-16)9-14-7-4-8-17-14/h4,7-12H,3,5-6H2,1-2H3/b13-9+. The lowest BCUT2D eigenvalue weighted by atomic mass is 9.96. The van der Waals surface area contributed by atoms with E-state index in [-0.39, 0.29) is 0 Å². The number of carbonyl (C=O) groups is 1. The molecule has 0 bridgehead atoms. The summed E-state index contributed by atoms with van der Waals surface area (Å²) < 4.78 is 0. The van der Waals surface area contributed by atoms with Gasteiger partial charge in [-0.15, -0.1) is 11.3 Å². The maximum Gasteiger partial charge on any atom is 0.166 e. The average Bonchev–Trinajstić information content (AvgIpc) is 2.80. The van der Waals surface area contributed by atoms with Crippen LogP contribution in [0.1, 0.15) is 38.0 Å². The summed E-state index contributed by atoms with van der Waals surface area (Å²) in [5, 5.41) is 2.04. The van der Waals surface area contributed by atoms with Crippen molar-refractivity contribution in [3.05, 3.63) is 28.1 Å². The molecular formula is C14H19NOS. The average molecular weight is 249 g/mol. The van der Waals surface area contributed by atoms with Gasteiger partial charge in [0.25, 0.3) is 0 Å². The van der Waals surface area contributed by atoms with Gasteiger partial charge in [-0.25, -0.2) is 0 Å². The van der Waals surface area contributed by atoms with E-state index in [1.807, 2.05) is 23.6 Å². The van der Waals surface area contributed by atoms with Crippen molar-refractivity contribution in [1.29, 1.82) is 0 Å². The third kappa shape index (κ3) is 2.78. The predicted molar refractivity (Wildman–Crippen MR) is 73.0 cm³/mol. The number of nitrogens with zero attached hydrogens (tertiary/aromatic N) is 1. The molecule has 1 aromatic rings. The van der Waals surface area contributed by atoms with E-state index in [0.29, 0.717) is 12.1 Å². The highest BCUT2D eigenvalue weighted by molar-refractivity contribution is 7.10. The highest BCUT2D eigenvalue weighted by Gasteiger charge is 2.26. The first-order valence-electron chi connectivity index (χ1n) is 6.21. The van der Waals surface area contributed by atoms with Gasteiger partial charge in [0.1, 0.15) is 0 Å². The topological polar surface area (TPSA) is 20.3 Å². The molecule has 1 saturated heterocycles. The van der Waals surface area contributed by atoms with Crippen molar-refractivity contribution in [1.82, 2.24) is 4.90 Å². The molecule has 1 aliphatic heterocycles. The van der Waals surface area contributed by atoms with Gasteiger partial charge in [0.2, 0.25) is 0 Å². The zero-order valence-corrected chi connectivity index (χ0v) is 11.2. The van der Waals surface area contributed by atoms with Gasteiger partial charge >= 0.3 is 0 Å². The molecule has 0 spiro atoms. The fraction of sp³-hybridized carbons (Fsp3) is 0.500. The van der Waals surface area contributed by atoms with Gasteiger partial charge in [0.15, 0.2) is 6.29 Å². The highest BCUT2D eigenvalue weighted by Crippen LogP contribution is 2.27. The molecule has 2 heterocycles. The Morgan fingerprint density at radius 2 is 2.12 bits per heavy atom. The van der Waals surface area contributed by atoms with E-state index in [1.165, 1.54) is 19.3 Å². The second kappa shape index (κ2) is 5.50. The molecule has 0 aliphatic carbocycles. The number of allylic oxidation sites excluding steroid dienone is 1. The number of hydrogen-bond donors (Lipinski definition) is 0. The number of carbonyl (C=O) groups excluding carboxylic acids is 1. The summed E-state index contributed by atoms with van der Waals surface area (Å²) in [6.07, 6.45) is 6.64. The Bertz CT molecular complexity index is 386. The van der Waals surface area contributed by atoms with Gasteiger partial charge in [-0.1, -0.05) is 6.07 Å². The molecular weight excluding hydrogens is 230 g/mol. The van der Waals surface area contributed by atoms with E-state index < -0.39 is 0 Å². The molecule has 2 unspecified atom stereocenters. The van der Waals surface area contributed by atoms with Crippen LogP contribution in [-0.4, -0.2) is 23.3 Å². The van der Waals surface area contributed by atoms with Crippen LogP contribution in [0.25, 0.3) is 6.08 Å². The third-order valence-corrected chi connectivity index (χ3v) is 4.27. The summed E-state index contributed by atoms with van der Waals surface area (Å²) in [4.78, 5) is 14.7. The molecule has 0 N–H and O–H groups in total. The highest BCUT2D eigenvalue weighted by atomic mass is 32.1. The van der Waals surface area contributed by atoms with Crippen LogP contribution < -0.4 is 0 Å². The minimum absolute atomic E-state index is 0.468. The first-order chi connectivity index (χ1) is 8.22. The number of hydrogen-bond acceptors (Lipinski definition) is 3. The van der Waals surface area contributed by atoms with E-state index in [1.54, 1.807) is 11.3 Å². The van der Waals surface area contributed by atoms with E-state index in [0.717, 1.165) is 16.9 Å². The zero-order valence-electron chi connectivity index (χ0n) is 10.4. The summed E-state index contributed by atoms with van der Waals surface area (Å²) >= 11 is 1.67. The predicted octanol–water partition coefficient (Wildman–Crippen LogP) is 3.55. The van der Waals surface area contributed by atoms with Gasteiger partial charge in [0.05, 0.1) is 5.70 Å². The lowest BCUT2D eigenvalue weighted by molar-refractivity contribution is -0.106. The van der Waals surface area contributed by atoms with Crippen molar-refractivity contribution in [2.45, 2.75) is 45.2 Å². The van der Waals surface area contributed by atoms with Crippen LogP contribution in [0.4, 0.5) is 0 Å². The first kappa shape index (κ1) is 12.4. The molecule has 2 nitrogen and oxygen atoms in total. The number of aldehydes is 1. The second-order valence-corrected chi connectivity index (χ2v) is 5.72. The summed E-state index contributed by atoms with van der Waals surface area (Å²) in [6.45, 7) is 4.42. The number of thiophene rings is 1. The first-order valence-corrected chi connectivity index (χ1v) is 7.09. The second-order valence-electron chi connectivity index (χ2n) is 4.74. The SMILES string of the molecule is CC1CCCC(C)N1/C(C=O)=C/c1cccs1. The smallest absolute Gasteiger partial charge is 0.166 e. The minimum atomic E-state index is 0.468. The van der Waals surface area contributed by atoms with Crippen molar-refractivity contribution in [2.75, 3.05) is 0 Å². The molecule has 0 amide bonds. The van der Waals surface area contributed by atoms with Gasteiger partial charge in [0, 0.05) is 17.0 Å². The monoisotopic (exact) mass is 249 g/mol. The Kier molecular flexibility index (Phi) is 4.00. The van der Waals surface area contributed by atoms with Crippen molar-refractivity contribution in [3.8, 4) is 0 Å². The quantitative estimate of drug-likeness (QED) is 0.603. The third-order valence-electron chi connectivity index (χ3n) is 3.45. The molecule has 2 rings (SSSR count). The Hall–Kier alpha value is -1.09. The van der Waals surface area contributed by atoms with Crippen LogP contribution >= 0.6 is 11.3 Å². The molecule has 1 fully saturated rings. The molecule has 0 saturated carbocycles. The zero-order chi connectivity index (χ0) is 12.3. The molecule has 1 aliphatic rings. The number of rotatable bonds is 3. The Morgan fingerprint density at radius 1 is 1.41 bits per heavy atom. The molecule has 0 aromatic carbocycles. The number of likely N-dealkylation sites (tertiary alicyclic amines) is 1. The van der Waals surface area contributed by atoms with Crippen LogP contribution in [0, 0.1) is 0 Å². The molecule has 1 aromatic heterocycles. The van der Waals surface area contributed by atoms with E-state index in [4.69, 9.17) is 0 Å². The van der Waals surface area contributed by atoms with Crippen LogP contribution in [0.2, 0.25) is 0 Å². The Labute approximate surface area is 107 Å². The van der Waals surface area contributed by atoms with Crippen molar-refractivity contribution < 1.29 is 4.79 Å².